The van der Waals surface area contributed by atoms with Gasteiger partial charge in [-0.05, 0) is 50.1 Å². The number of benzene rings is 1. The van der Waals surface area contributed by atoms with Crippen molar-refractivity contribution in [2.75, 3.05) is 32.7 Å². The first-order valence-electron chi connectivity index (χ1n) is 9.56. The zero-order chi connectivity index (χ0) is 16.8. The Morgan fingerprint density at radius 1 is 1.12 bits per heavy atom. The number of nitrogens with one attached hydrogen (secondary N) is 1. The molecule has 1 aromatic rings. The molecule has 0 bridgehead atoms. The molecule has 0 spiro atoms. The van der Waals surface area contributed by atoms with Gasteiger partial charge in [0.2, 0.25) is 0 Å². The summed E-state index contributed by atoms with van der Waals surface area (Å²) >= 11 is 0. The Balaban J connectivity index is 1.39. The van der Waals surface area contributed by atoms with Crippen LogP contribution >= 0.6 is 0 Å². The molecule has 0 saturated carbocycles. The SMILES string of the molecule is CCCN1CC[C@H](NC(=O)N2CCC(Cc3ccccc3)CC2)C1. The molecule has 2 aliphatic heterocycles. The van der Waals surface area contributed by atoms with E-state index in [4.69, 9.17) is 0 Å². The summed E-state index contributed by atoms with van der Waals surface area (Å²) in [6.45, 7) is 7.30. The molecule has 2 heterocycles. The second kappa shape index (κ2) is 8.52. The number of carbonyl (C=O) groups excluding carboxylic acids is 1. The van der Waals surface area contributed by atoms with Gasteiger partial charge in [0.25, 0.3) is 0 Å². The molecule has 2 fully saturated rings. The fourth-order valence-electron chi connectivity index (χ4n) is 4.02. The van der Waals surface area contributed by atoms with Gasteiger partial charge >= 0.3 is 6.03 Å². The molecular weight excluding hydrogens is 298 g/mol. The van der Waals surface area contributed by atoms with Crippen molar-refractivity contribution >= 4 is 6.03 Å². The maximum Gasteiger partial charge on any atom is 0.317 e. The molecule has 4 nitrogen and oxygen atoms in total. The highest BCUT2D eigenvalue weighted by atomic mass is 16.2. The molecular formula is C20H31N3O. The van der Waals surface area contributed by atoms with Crippen LogP contribution in [0, 0.1) is 5.92 Å². The topological polar surface area (TPSA) is 35.6 Å². The van der Waals surface area contributed by atoms with Gasteiger partial charge in [-0.3, -0.25) is 0 Å². The lowest BCUT2D eigenvalue weighted by Crippen LogP contribution is -2.48. The van der Waals surface area contributed by atoms with Crippen molar-refractivity contribution in [1.29, 1.82) is 0 Å². The normalized spacial score (nSPS) is 22.7. The van der Waals surface area contributed by atoms with Gasteiger partial charge in [-0.2, -0.15) is 0 Å². The second-order valence-electron chi connectivity index (χ2n) is 7.36. The summed E-state index contributed by atoms with van der Waals surface area (Å²) in [4.78, 5) is 17.0. The zero-order valence-electron chi connectivity index (χ0n) is 14.9. The molecule has 0 aliphatic carbocycles. The minimum atomic E-state index is 0.150. The van der Waals surface area contributed by atoms with Gasteiger partial charge in [-0.1, -0.05) is 37.3 Å². The molecule has 1 atom stereocenters. The molecule has 4 heteroatoms. The Kier molecular flexibility index (Phi) is 6.13. The molecule has 24 heavy (non-hydrogen) atoms. The number of amides is 2. The average molecular weight is 329 g/mol. The summed E-state index contributed by atoms with van der Waals surface area (Å²) in [5.41, 5.74) is 1.42. The summed E-state index contributed by atoms with van der Waals surface area (Å²) in [5.74, 6) is 0.711. The lowest BCUT2D eigenvalue weighted by molar-refractivity contribution is 0.167. The predicted octanol–water partition coefficient (Wildman–Crippen LogP) is 3.14. The molecule has 2 aliphatic rings. The van der Waals surface area contributed by atoms with Crippen molar-refractivity contribution in [3.8, 4) is 0 Å². The third-order valence-electron chi connectivity index (χ3n) is 5.41. The van der Waals surface area contributed by atoms with E-state index in [1.165, 1.54) is 12.0 Å². The van der Waals surface area contributed by atoms with Crippen molar-refractivity contribution in [3.63, 3.8) is 0 Å². The summed E-state index contributed by atoms with van der Waals surface area (Å²) in [7, 11) is 0. The van der Waals surface area contributed by atoms with Crippen LogP contribution in [0.4, 0.5) is 4.79 Å². The highest BCUT2D eigenvalue weighted by Gasteiger charge is 2.27. The highest BCUT2D eigenvalue weighted by molar-refractivity contribution is 5.74. The third kappa shape index (κ3) is 4.73. The number of piperidine rings is 1. The van der Waals surface area contributed by atoms with Crippen LogP contribution in [0.2, 0.25) is 0 Å². The monoisotopic (exact) mass is 329 g/mol. The standard InChI is InChI=1S/C20H31N3O/c1-2-11-22-12-10-19(16-22)21-20(24)23-13-8-18(9-14-23)15-17-6-4-3-5-7-17/h3-7,18-19H,2,8-16H2,1H3,(H,21,24)/t19-/m0/s1. The van der Waals surface area contributed by atoms with E-state index >= 15 is 0 Å². The number of hydrogen-bond acceptors (Lipinski definition) is 2. The highest BCUT2D eigenvalue weighted by Crippen LogP contribution is 2.22. The van der Waals surface area contributed by atoms with E-state index in [9.17, 15) is 4.79 Å². The Labute approximate surface area is 146 Å². The maximum atomic E-state index is 12.5. The number of nitrogens with zero attached hydrogens (tertiary/aromatic N) is 2. The van der Waals surface area contributed by atoms with Crippen LogP contribution in [-0.4, -0.2) is 54.6 Å². The minimum Gasteiger partial charge on any atom is -0.334 e. The Morgan fingerprint density at radius 3 is 2.58 bits per heavy atom. The maximum absolute atomic E-state index is 12.5. The van der Waals surface area contributed by atoms with Crippen LogP contribution < -0.4 is 5.32 Å². The quantitative estimate of drug-likeness (QED) is 0.901. The molecule has 1 aromatic carbocycles. The summed E-state index contributed by atoms with van der Waals surface area (Å²) < 4.78 is 0. The molecule has 2 amide bonds. The third-order valence-corrected chi connectivity index (χ3v) is 5.41. The fourth-order valence-corrected chi connectivity index (χ4v) is 4.02. The van der Waals surface area contributed by atoms with Crippen LogP contribution in [0.25, 0.3) is 0 Å². The van der Waals surface area contributed by atoms with Gasteiger partial charge in [0.15, 0.2) is 0 Å². The number of urea groups is 1. The molecule has 132 valence electrons. The fraction of sp³-hybridized carbons (Fsp3) is 0.650. The summed E-state index contributed by atoms with van der Waals surface area (Å²) in [6.07, 6.45) is 5.67. The van der Waals surface area contributed by atoms with E-state index < -0.39 is 0 Å². The van der Waals surface area contributed by atoms with Crippen LogP contribution in [0.15, 0.2) is 30.3 Å². The van der Waals surface area contributed by atoms with E-state index in [0.29, 0.717) is 12.0 Å². The van der Waals surface area contributed by atoms with Crippen molar-refractivity contribution < 1.29 is 4.79 Å². The number of hydrogen-bond donors (Lipinski definition) is 1. The average Bonchev–Trinajstić information content (AvgIpc) is 3.04. The first kappa shape index (κ1) is 17.3. The van der Waals surface area contributed by atoms with Crippen molar-refractivity contribution in [3.05, 3.63) is 35.9 Å². The van der Waals surface area contributed by atoms with Gasteiger partial charge in [0, 0.05) is 32.2 Å². The number of carbonyl (C=O) groups is 1. The van der Waals surface area contributed by atoms with Gasteiger partial charge < -0.3 is 15.1 Å². The van der Waals surface area contributed by atoms with Crippen molar-refractivity contribution in [2.45, 2.75) is 45.1 Å². The van der Waals surface area contributed by atoms with Crippen molar-refractivity contribution in [1.82, 2.24) is 15.1 Å². The van der Waals surface area contributed by atoms with Crippen molar-refractivity contribution in [2.24, 2.45) is 5.92 Å². The first-order chi connectivity index (χ1) is 11.7. The van der Waals surface area contributed by atoms with E-state index in [1.807, 2.05) is 4.90 Å². The summed E-state index contributed by atoms with van der Waals surface area (Å²) in [6, 6.07) is 11.2. The molecule has 3 rings (SSSR count). The van der Waals surface area contributed by atoms with E-state index in [2.05, 4.69) is 47.5 Å². The second-order valence-corrected chi connectivity index (χ2v) is 7.36. The van der Waals surface area contributed by atoms with Crippen LogP contribution in [0.5, 0.6) is 0 Å². The first-order valence-corrected chi connectivity index (χ1v) is 9.56. The summed E-state index contributed by atoms with van der Waals surface area (Å²) in [5, 5.41) is 3.25. The van der Waals surface area contributed by atoms with Gasteiger partial charge in [0.1, 0.15) is 0 Å². The van der Waals surface area contributed by atoms with E-state index in [0.717, 1.165) is 58.4 Å². The Hall–Kier alpha value is -1.55. The number of likely N-dealkylation sites (tertiary alicyclic amines) is 2. The largest absolute Gasteiger partial charge is 0.334 e. The Morgan fingerprint density at radius 2 is 1.88 bits per heavy atom. The van der Waals surface area contributed by atoms with E-state index in [1.54, 1.807) is 0 Å². The molecule has 2 saturated heterocycles. The lowest BCUT2D eigenvalue weighted by Gasteiger charge is -2.33. The van der Waals surface area contributed by atoms with Gasteiger partial charge in [-0.25, -0.2) is 4.79 Å². The van der Waals surface area contributed by atoms with Crippen LogP contribution in [0.1, 0.15) is 38.2 Å². The van der Waals surface area contributed by atoms with Crippen LogP contribution in [-0.2, 0) is 6.42 Å². The Bertz CT molecular complexity index is 511. The van der Waals surface area contributed by atoms with Gasteiger partial charge in [-0.15, -0.1) is 0 Å². The smallest absolute Gasteiger partial charge is 0.317 e. The van der Waals surface area contributed by atoms with E-state index in [-0.39, 0.29) is 6.03 Å². The molecule has 0 radical (unpaired) electrons. The minimum absolute atomic E-state index is 0.150. The molecule has 0 unspecified atom stereocenters. The van der Waals surface area contributed by atoms with Gasteiger partial charge in [0.05, 0.1) is 0 Å². The lowest BCUT2D eigenvalue weighted by atomic mass is 9.90. The number of rotatable bonds is 5. The molecule has 1 N–H and O–H groups in total. The predicted molar refractivity (Wildman–Crippen MR) is 98.1 cm³/mol. The molecule has 0 aromatic heterocycles. The van der Waals surface area contributed by atoms with Crippen LogP contribution in [0.3, 0.4) is 0 Å². The zero-order valence-corrected chi connectivity index (χ0v) is 14.9.